The Bertz CT molecular complexity index is 1590. The molecule has 2 heterocycles. The van der Waals surface area contributed by atoms with Crippen LogP contribution in [0, 0.1) is 23.7 Å². The molecule has 2 aromatic carbocycles. The number of nitrogens with zero attached hydrogens (tertiary/aromatic N) is 1. The second-order valence-corrected chi connectivity index (χ2v) is 16.7. The Morgan fingerprint density at radius 1 is 1.13 bits per heavy atom. The Labute approximate surface area is 272 Å². The van der Waals surface area contributed by atoms with Gasteiger partial charge in [0.05, 0.1) is 23.6 Å². The third kappa shape index (κ3) is 6.15. The van der Waals surface area contributed by atoms with Gasteiger partial charge in [-0.05, 0) is 110 Å². The molecule has 7 nitrogen and oxygen atoms in total. The van der Waals surface area contributed by atoms with E-state index in [0.29, 0.717) is 42.8 Å². The number of carbonyl (C=O) groups excluding carboxylic acids is 1. The molecule has 2 saturated carbocycles. The highest BCUT2D eigenvalue weighted by atomic mass is 35.5. The van der Waals surface area contributed by atoms with Gasteiger partial charge in [-0.3, -0.25) is 4.79 Å². The van der Waals surface area contributed by atoms with Crippen molar-refractivity contribution >= 4 is 33.2 Å². The number of allylic oxidation sites excluding steroid dienone is 1. The summed E-state index contributed by atoms with van der Waals surface area (Å²) in [5.74, 6) is 1.22. The van der Waals surface area contributed by atoms with Crippen molar-refractivity contribution in [1.82, 2.24) is 4.72 Å². The molecular weight excluding hydrogens is 608 g/mol. The number of fused-ring (bicyclic) bond motifs is 4. The summed E-state index contributed by atoms with van der Waals surface area (Å²) in [4.78, 5) is 16.1. The molecule has 2 aromatic rings. The average molecular weight is 653 g/mol. The van der Waals surface area contributed by atoms with E-state index < -0.39 is 21.2 Å². The zero-order valence-electron chi connectivity index (χ0n) is 26.3. The van der Waals surface area contributed by atoms with Crippen molar-refractivity contribution < 1.29 is 22.7 Å². The van der Waals surface area contributed by atoms with Crippen molar-refractivity contribution in [3.63, 3.8) is 0 Å². The molecule has 3 aliphatic carbocycles. The van der Waals surface area contributed by atoms with Gasteiger partial charge in [0.15, 0.2) is 0 Å². The lowest BCUT2D eigenvalue weighted by Gasteiger charge is -2.46. The maximum Gasteiger partial charge on any atom is 0.264 e. The minimum absolute atomic E-state index is 0.0254. The summed E-state index contributed by atoms with van der Waals surface area (Å²) in [6.45, 7) is 4.07. The first kappa shape index (κ1) is 31.1. The van der Waals surface area contributed by atoms with Crippen molar-refractivity contribution in [2.24, 2.45) is 23.7 Å². The van der Waals surface area contributed by atoms with E-state index in [9.17, 15) is 13.2 Å². The Hall–Kier alpha value is -2.55. The fourth-order valence-corrected chi connectivity index (χ4v) is 10.3. The molecule has 2 fully saturated rings. The van der Waals surface area contributed by atoms with Gasteiger partial charge in [0, 0.05) is 36.2 Å². The van der Waals surface area contributed by atoms with Crippen molar-refractivity contribution in [3.8, 4) is 5.75 Å². The fraction of sp³-hybridized carbons (Fsp3) is 0.583. The van der Waals surface area contributed by atoms with Crippen LogP contribution in [-0.2, 0) is 26.6 Å². The monoisotopic (exact) mass is 652 g/mol. The Morgan fingerprint density at radius 3 is 2.73 bits per heavy atom. The van der Waals surface area contributed by atoms with Crippen molar-refractivity contribution in [3.05, 3.63) is 70.3 Å². The summed E-state index contributed by atoms with van der Waals surface area (Å²) in [6.07, 6.45) is 12.8. The van der Waals surface area contributed by atoms with Gasteiger partial charge in [0.1, 0.15) is 5.75 Å². The van der Waals surface area contributed by atoms with Gasteiger partial charge in [0.2, 0.25) is 10.0 Å². The highest BCUT2D eigenvalue weighted by molar-refractivity contribution is 7.90. The SMILES string of the molecule is CO[C@H]1/C=C/C[C@@H](C)[C@@H](CC2CC2)S(=O)(=O)NC(=O)c2ccc3c(c2)N(C[C@@H]2CC[C@H]21)C[C@@]1(CCCc2cc(Cl)ccc21)CO3. The number of hydrogen-bond donors (Lipinski definition) is 1. The summed E-state index contributed by atoms with van der Waals surface area (Å²) < 4.78 is 42.7. The van der Waals surface area contributed by atoms with Gasteiger partial charge in [-0.15, -0.1) is 0 Å². The molecule has 9 heteroatoms. The molecule has 0 aromatic heterocycles. The Morgan fingerprint density at radius 2 is 1.98 bits per heavy atom. The van der Waals surface area contributed by atoms with Crippen molar-refractivity contribution in [1.29, 1.82) is 0 Å². The number of hydrogen-bond acceptors (Lipinski definition) is 6. The number of benzene rings is 2. The molecule has 6 atom stereocenters. The lowest BCUT2D eigenvalue weighted by Crippen LogP contribution is -2.49. The van der Waals surface area contributed by atoms with Crippen LogP contribution in [0.2, 0.25) is 5.02 Å². The molecule has 0 radical (unpaired) electrons. The minimum atomic E-state index is -3.90. The van der Waals surface area contributed by atoms with Crippen LogP contribution in [0.15, 0.2) is 48.6 Å². The molecule has 242 valence electrons. The number of carbonyl (C=O) groups is 1. The zero-order valence-corrected chi connectivity index (χ0v) is 27.9. The predicted molar refractivity (Wildman–Crippen MR) is 178 cm³/mol. The number of ether oxygens (including phenoxy) is 2. The summed E-state index contributed by atoms with van der Waals surface area (Å²) in [7, 11) is -2.12. The first-order valence-electron chi connectivity index (χ1n) is 16.7. The van der Waals surface area contributed by atoms with Crippen LogP contribution in [0.5, 0.6) is 5.75 Å². The first-order chi connectivity index (χ1) is 21.7. The van der Waals surface area contributed by atoms with Crippen molar-refractivity contribution in [2.45, 2.75) is 81.5 Å². The molecular formula is C36H45ClN2O5S. The summed E-state index contributed by atoms with van der Waals surface area (Å²) in [5.41, 5.74) is 3.53. The molecule has 0 saturated heterocycles. The van der Waals surface area contributed by atoms with Crippen LogP contribution in [0.4, 0.5) is 5.69 Å². The topological polar surface area (TPSA) is 84.9 Å². The highest BCUT2D eigenvalue weighted by Crippen LogP contribution is 2.47. The van der Waals surface area contributed by atoms with E-state index in [2.05, 4.69) is 33.9 Å². The fourth-order valence-electron chi connectivity index (χ4n) is 8.38. The molecule has 1 spiro atoms. The van der Waals surface area contributed by atoms with Gasteiger partial charge >= 0.3 is 0 Å². The molecule has 0 unspecified atom stereocenters. The average Bonchev–Trinajstić information content (AvgIpc) is 3.84. The molecule has 45 heavy (non-hydrogen) atoms. The van der Waals surface area contributed by atoms with Crippen LogP contribution in [-0.4, -0.2) is 52.5 Å². The summed E-state index contributed by atoms with van der Waals surface area (Å²) in [6, 6.07) is 11.7. The van der Waals surface area contributed by atoms with E-state index in [1.807, 2.05) is 25.1 Å². The van der Waals surface area contributed by atoms with Gasteiger partial charge in [-0.25, -0.2) is 13.1 Å². The predicted octanol–water partition coefficient (Wildman–Crippen LogP) is 6.68. The number of amides is 1. The van der Waals surface area contributed by atoms with Gasteiger partial charge in [0.25, 0.3) is 5.91 Å². The summed E-state index contributed by atoms with van der Waals surface area (Å²) in [5, 5.41) is 0.119. The maximum atomic E-state index is 13.8. The molecule has 2 bridgehead atoms. The Balaban J connectivity index is 1.29. The zero-order chi connectivity index (χ0) is 31.3. The summed E-state index contributed by atoms with van der Waals surface area (Å²) >= 11 is 6.43. The minimum Gasteiger partial charge on any atom is -0.490 e. The lowest BCUT2D eigenvalue weighted by molar-refractivity contribution is 0.0131. The Kier molecular flexibility index (Phi) is 8.45. The highest BCUT2D eigenvalue weighted by Gasteiger charge is 2.45. The molecule has 7 rings (SSSR count). The number of methoxy groups -OCH3 is 1. The molecule has 1 amide bonds. The van der Waals surface area contributed by atoms with E-state index >= 15 is 0 Å². The normalized spacial score (nSPS) is 33.5. The second kappa shape index (κ2) is 12.2. The van der Waals surface area contributed by atoms with Crippen LogP contribution in [0.3, 0.4) is 0 Å². The quantitative estimate of drug-likeness (QED) is 0.373. The third-order valence-electron chi connectivity index (χ3n) is 11.3. The largest absolute Gasteiger partial charge is 0.490 e. The molecule has 2 aliphatic heterocycles. The third-order valence-corrected chi connectivity index (χ3v) is 13.4. The van der Waals surface area contributed by atoms with E-state index in [-0.39, 0.29) is 17.4 Å². The smallest absolute Gasteiger partial charge is 0.264 e. The van der Waals surface area contributed by atoms with E-state index in [1.165, 1.54) is 11.1 Å². The number of halogens is 1. The second-order valence-electron chi connectivity index (χ2n) is 14.3. The molecule has 1 N–H and O–H groups in total. The van der Waals surface area contributed by atoms with Gasteiger partial charge in [-0.1, -0.05) is 49.6 Å². The number of rotatable bonds is 3. The van der Waals surface area contributed by atoms with E-state index in [0.717, 1.165) is 74.5 Å². The number of anilines is 1. The lowest BCUT2D eigenvalue weighted by atomic mass is 9.68. The first-order valence-corrected chi connectivity index (χ1v) is 18.6. The number of nitrogens with one attached hydrogen (secondary N) is 1. The maximum absolute atomic E-state index is 13.8. The molecule has 5 aliphatic rings. The van der Waals surface area contributed by atoms with Crippen LogP contribution in [0.25, 0.3) is 0 Å². The number of sulfonamides is 1. The van der Waals surface area contributed by atoms with E-state index in [4.69, 9.17) is 21.1 Å². The van der Waals surface area contributed by atoms with Crippen LogP contribution in [0.1, 0.15) is 79.8 Å². The van der Waals surface area contributed by atoms with Gasteiger partial charge < -0.3 is 14.4 Å². The van der Waals surface area contributed by atoms with Crippen molar-refractivity contribution in [2.75, 3.05) is 31.7 Å². The van der Waals surface area contributed by atoms with Crippen LogP contribution < -0.4 is 14.4 Å². The van der Waals surface area contributed by atoms with Gasteiger partial charge in [-0.2, -0.15) is 0 Å². The van der Waals surface area contributed by atoms with E-state index in [1.54, 1.807) is 13.2 Å². The van der Waals surface area contributed by atoms with Crippen LogP contribution >= 0.6 is 11.6 Å². The standard InChI is InChI=1S/C36H45ClN2O5S/c1-23-5-3-7-32(43-2)29-13-10-27(29)20-39-21-36(16-4-6-25-18-28(37)12-14-30(25)36)22-44-33-15-11-26(19-31(33)39)35(40)38-45(41,42)34(23)17-24-8-9-24/h3,7,11-12,14-15,18-19,23-24,27,29,32,34H,4-6,8-10,13,16-17,20-22H2,1-2H3,(H,38,40)/b7-3+/t23-,27+,29-,32+,34-,36+/m1/s1. The number of aryl methyl sites for hydroxylation is 1.